The number of rotatable bonds is 6. The SMILES string of the molecule is COC(=O)CCn1c(SC(C)c2nc(C(C)(C)C)no2)nc2ccccc2c1=O. The number of fused-ring (bicyclic) bond motifs is 1. The van der Waals surface area contributed by atoms with E-state index in [1.54, 1.807) is 18.2 Å². The van der Waals surface area contributed by atoms with Crippen molar-refractivity contribution in [1.29, 1.82) is 0 Å². The van der Waals surface area contributed by atoms with E-state index in [2.05, 4.69) is 15.1 Å². The molecule has 29 heavy (non-hydrogen) atoms. The fourth-order valence-electron chi connectivity index (χ4n) is 2.65. The van der Waals surface area contributed by atoms with Gasteiger partial charge in [-0.15, -0.1) is 0 Å². The molecule has 0 fully saturated rings. The molecule has 0 N–H and O–H groups in total. The van der Waals surface area contributed by atoms with Crippen LogP contribution in [0, 0.1) is 0 Å². The van der Waals surface area contributed by atoms with Gasteiger partial charge >= 0.3 is 5.97 Å². The van der Waals surface area contributed by atoms with Crippen LogP contribution in [0.5, 0.6) is 0 Å². The van der Waals surface area contributed by atoms with Gasteiger partial charge in [0.15, 0.2) is 11.0 Å². The van der Waals surface area contributed by atoms with Crippen molar-refractivity contribution in [3.05, 3.63) is 46.3 Å². The molecule has 2 aromatic heterocycles. The average molecular weight is 417 g/mol. The number of hydrogen-bond acceptors (Lipinski definition) is 8. The Hall–Kier alpha value is -2.68. The Morgan fingerprint density at radius 2 is 2.00 bits per heavy atom. The Labute approximate surface area is 172 Å². The molecular formula is C20H24N4O4S. The summed E-state index contributed by atoms with van der Waals surface area (Å²) < 4.78 is 11.6. The minimum absolute atomic E-state index is 0.0765. The molecule has 0 aliphatic carbocycles. The molecule has 3 rings (SSSR count). The molecule has 0 saturated carbocycles. The Morgan fingerprint density at radius 3 is 2.66 bits per heavy atom. The molecule has 9 heteroatoms. The van der Waals surface area contributed by atoms with E-state index in [0.717, 1.165) is 0 Å². The summed E-state index contributed by atoms with van der Waals surface area (Å²) in [5.74, 6) is 0.692. The van der Waals surface area contributed by atoms with Crippen LogP contribution in [0.2, 0.25) is 0 Å². The minimum atomic E-state index is -0.388. The maximum absolute atomic E-state index is 13.0. The van der Waals surface area contributed by atoms with Crippen LogP contribution in [-0.2, 0) is 21.5 Å². The number of thioether (sulfide) groups is 1. The third-order valence-corrected chi connectivity index (χ3v) is 5.41. The van der Waals surface area contributed by atoms with Gasteiger partial charge in [0.05, 0.1) is 29.7 Å². The van der Waals surface area contributed by atoms with Crippen molar-refractivity contribution in [2.45, 2.75) is 56.5 Å². The van der Waals surface area contributed by atoms with Gasteiger partial charge in [-0.05, 0) is 19.1 Å². The number of benzene rings is 1. The number of ether oxygens (including phenoxy) is 1. The molecule has 0 aliphatic rings. The Bertz CT molecular complexity index is 1080. The predicted molar refractivity (Wildman–Crippen MR) is 110 cm³/mol. The van der Waals surface area contributed by atoms with E-state index >= 15 is 0 Å². The lowest BCUT2D eigenvalue weighted by Crippen LogP contribution is -2.25. The van der Waals surface area contributed by atoms with Gasteiger partial charge in [0.2, 0.25) is 5.89 Å². The van der Waals surface area contributed by atoms with Crippen molar-refractivity contribution in [3.8, 4) is 0 Å². The van der Waals surface area contributed by atoms with E-state index in [1.807, 2.05) is 33.8 Å². The zero-order valence-electron chi connectivity index (χ0n) is 17.1. The molecular weight excluding hydrogens is 392 g/mol. The molecule has 0 bridgehead atoms. The zero-order valence-corrected chi connectivity index (χ0v) is 17.9. The molecule has 1 atom stereocenters. The highest BCUT2D eigenvalue weighted by Gasteiger charge is 2.25. The highest BCUT2D eigenvalue weighted by atomic mass is 32.2. The molecule has 3 aromatic rings. The number of carbonyl (C=O) groups excluding carboxylic acids is 1. The zero-order chi connectivity index (χ0) is 21.2. The molecule has 8 nitrogen and oxygen atoms in total. The van der Waals surface area contributed by atoms with Crippen LogP contribution in [0.1, 0.15) is 51.1 Å². The largest absolute Gasteiger partial charge is 0.469 e. The number of methoxy groups -OCH3 is 1. The molecule has 1 unspecified atom stereocenters. The van der Waals surface area contributed by atoms with Crippen LogP contribution < -0.4 is 5.56 Å². The fourth-order valence-corrected chi connectivity index (χ4v) is 3.62. The van der Waals surface area contributed by atoms with Crippen LogP contribution >= 0.6 is 11.8 Å². The molecule has 0 spiro atoms. The number of esters is 1. The summed E-state index contributed by atoms with van der Waals surface area (Å²) in [7, 11) is 1.32. The smallest absolute Gasteiger partial charge is 0.307 e. The summed E-state index contributed by atoms with van der Waals surface area (Å²) in [6.07, 6.45) is 0.0765. The predicted octanol–water partition coefficient (Wildman–Crippen LogP) is 3.49. The van der Waals surface area contributed by atoms with Crippen molar-refractivity contribution in [1.82, 2.24) is 19.7 Å². The minimum Gasteiger partial charge on any atom is -0.469 e. The van der Waals surface area contributed by atoms with Gasteiger partial charge in [0, 0.05) is 12.0 Å². The second-order valence-electron chi connectivity index (χ2n) is 7.66. The maximum Gasteiger partial charge on any atom is 0.307 e. The summed E-state index contributed by atoms with van der Waals surface area (Å²) in [6, 6.07) is 7.14. The Morgan fingerprint density at radius 1 is 1.28 bits per heavy atom. The van der Waals surface area contributed by atoms with Crippen LogP contribution in [0.3, 0.4) is 0 Å². The van der Waals surface area contributed by atoms with Crippen LogP contribution in [0.15, 0.2) is 38.7 Å². The van der Waals surface area contributed by atoms with E-state index in [-0.39, 0.29) is 35.2 Å². The normalized spacial score (nSPS) is 12.9. The summed E-state index contributed by atoms with van der Waals surface area (Å²) >= 11 is 1.34. The number of nitrogens with zero attached hydrogens (tertiary/aromatic N) is 4. The lowest BCUT2D eigenvalue weighted by molar-refractivity contribution is -0.140. The second kappa shape index (κ2) is 8.36. The molecule has 1 aromatic carbocycles. The summed E-state index contributed by atoms with van der Waals surface area (Å²) in [6.45, 7) is 8.12. The fraction of sp³-hybridized carbons (Fsp3) is 0.450. The first kappa shape index (κ1) is 21.0. The maximum atomic E-state index is 13.0. The summed E-state index contributed by atoms with van der Waals surface area (Å²) in [5, 5.41) is 4.82. The van der Waals surface area contributed by atoms with Crippen molar-refractivity contribution in [2.24, 2.45) is 0 Å². The van der Waals surface area contributed by atoms with Crippen molar-refractivity contribution in [3.63, 3.8) is 0 Å². The van der Waals surface area contributed by atoms with Gasteiger partial charge in [0.25, 0.3) is 5.56 Å². The van der Waals surface area contributed by atoms with E-state index in [0.29, 0.717) is 27.8 Å². The molecule has 0 saturated heterocycles. The van der Waals surface area contributed by atoms with Crippen LogP contribution in [0.25, 0.3) is 10.9 Å². The van der Waals surface area contributed by atoms with E-state index in [9.17, 15) is 9.59 Å². The quantitative estimate of drug-likeness (QED) is 0.342. The van der Waals surface area contributed by atoms with E-state index in [4.69, 9.17) is 9.26 Å². The highest BCUT2D eigenvalue weighted by molar-refractivity contribution is 7.99. The van der Waals surface area contributed by atoms with E-state index < -0.39 is 0 Å². The lowest BCUT2D eigenvalue weighted by atomic mass is 9.96. The van der Waals surface area contributed by atoms with Gasteiger partial charge in [-0.2, -0.15) is 4.98 Å². The number of hydrogen-bond donors (Lipinski definition) is 0. The Kier molecular flexibility index (Phi) is 6.07. The standard InChI is InChI=1S/C20H24N4O4S/c1-12(16-22-18(23-28-16)20(2,3)4)29-19-21-14-9-7-6-8-13(14)17(26)24(19)11-10-15(25)27-5/h6-9,12H,10-11H2,1-5H3. The third kappa shape index (κ3) is 4.67. The van der Waals surface area contributed by atoms with Crippen molar-refractivity contribution < 1.29 is 14.1 Å². The Balaban J connectivity index is 1.97. The van der Waals surface area contributed by atoms with Gasteiger partial charge in [-0.1, -0.05) is 49.8 Å². The monoisotopic (exact) mass is 416 g/mol. The topological polar surface area (TPSA) is 100 Å². The average Bonchev–Trinajstić information content (AvgIpc) is 3.18. The molecule has 0 amide bonds. The first-order valence-corrected chi connectivity index (χ1v) is 10.2. The van der Waals surface area contributed by atoms with Crippen molar-refractivity contribution >= 4 is 28.6 Å². The molecule has 154 valence electrons. The summed E-state index contributed by atoms with van der Waals surface area (Å²) in [5.41, 5.74) is 0.174. The second-order valence-corrected chi connectivity index (χ2v) is 8.97. The highest BCUT2D eigenvalue weighted by Crippen LogP contribution is 2.34. The molecule has 0 radical (unpaired) electrons. The van der Waals surface area contributed by atoms with Crippen LogP contribution in [-0.4, -0.2) is 32.8 Å². The molecule has 2 heterocycles. The van der Waals surface area contributed by atoms with Crippen molar-refractivity contribution in [2.75, 3.05) is 7.11 Å². The summed E-state index contributed by atoms with van der Waals surface area (Å²) in [4.78, 5) is 33.8. The number of aromatic nitrogens is 4. The van der Waals surface area contributed by atoms with Gasteiger partial charge in [-0.3, -0.25) is 14.2 Å². The van der Waals surface area contributed by atoms with Crippen LogP contribution in [0.4, 0.5) is 0 Å². The third-order valence-electron chi connectivity index (χ3n) is 4.34. The van der Waals surface area contributed by atoms with Gasteiger partial charge in [0.1, 0.15) is 0 Å². The number of para-hydroxylation sites is 1. The van der Waals surface area contributed by atoms with Gasteiger partial charge in [-0.25, -0.2) is 4.98 Å². The van der Waals surface area contributed by atoms with E-state index in [1.165, 1.54) is 23.4 Å². The number of carbonyl (C=O) groups is 1. The van der Waals surface area contributed by atoms with Gasteiger partial charge < -0.3 is 9.26 Å². The lowest BCUT2D eigenvalue weighted by Gasteiger charge is -2.14. The molecule has 0 aliphatic heterocycles. The first-order valence-electron chi connectivity index (χ1n) is 9.28. The first-order chi connectivity index (χ1) is 13.7.